The Bertz CT molecular complexity index is 576. The first-order valence-electron chi connectivity index (χ1n) is 6.52. The Morgan fingerprint density at radius 3 is 1.81 bits per heavy atom. The van der Waals surface area contributed by atoms with E-state index in [2.05, 4.69) is 0 Å². The van der Waals surface area contributed by atoms with Gasteiger partial charge >= 0.3 is 6.18 Å². The van der Waals surface area contributed by atoms with Crippen molar-refractivity contribution < 1.29 is 17.7 Å². The van der Waals surface area contributed by atoms with E-state index in [4.69, 9.17) is 4.52 Å². The van der Waals surface area contributed by atoms with E-state index in [-0.39, 0.29) is 5.92 Å². The molecule has 0 saturated carbocycles. The van der Waals surface area contributed by atoms with Gasteiger partial charge in [0.05, 0.1) is 14.4 Å². The van der Waals surface area contributed by atoms with E-state index >= 15 is 0 Å². The molecule has 0 aromatic heterocycles. The monoisotopic (exact) mass is 312 g/mol. The second-order valence-corrected chi connectivity index (χ2v) is 5.33. The van der Waals surface area contributed by atoms with Crippen LogP contribution in [0.2, 0.25) is 0 Å². The van der Waals surface area contributed by atoms with Gasteiger partial charge in [0.2, 0.25) is 0 Å². The molecule has 2 aromatic carbocycles. The topological polar surface area (TPSA) is 9.23 Å². The minimum absolute atomic E-state index is 0.0328. The van der Waals surface area contributed by atoms with Crippen molar-refractivity contribution in [3.8, 4) is 5.75 Å². The van der Waals surface area contributed by atoms with Crippen molar-refractivity contribution in [1.82, 2.24) is 0 Å². The standard InChI is InChI=1S/C16H16F3OP/c1-11(13-5-9-15(10-6-13)20-21-2)12-3-7-14(8-4-12)16(17,18)19/h3-11,21H,1-2H3. The highest BCUT2D eigenvalue weighted by Crippen LogP contribution is 2.32. The molecule has 0 saturated heterocycles. The van der Waals surface area contributed by atoms with Crippen LogP contribution in [0.25, 0.3) is 0 Å². The largest absolute Gasteiger partial charge is 0.477 e. The van der Waals surface area contributed by atoms with Crippen LogP contribution in [0, 0.1) is 0 Å². The fraction of sp³-hybridized carbons (Fsp3) is 0.250. The zero-order valence-electron chi connectivity index (χ0n) is 11.7. The molecule has 0 amide bonds. The van der Waals surface area contributed by atoms with Gasteiger partial charge in [0.1, 0.15) is 5.75 Å². The van der Waals surface area contributed by atoms with Crippen molar-refractivity contribution in [2.24, 2.45) is 0 Å². The third kappa shape index (κ3) is 3.98. The summed E-state index contributed by atoms with van der Waals surface area (Å²) in [5, 5.41) is 0. The number of hydrogen-bond donors (Lipinski definition) is 0. The molecule has 0 aliphatic carbocycles. The number of hydrogen-bond acceptors (Lipinski definition) is 1. The second-order valence-electron chi connectivity index (χ2n) is 4.72. The summed E-state index contributed by atoms with van der Waals surface area (Å²) in [5.74, 6) is 0.838. The van der Waals surface area contributed by atoms with Crippen LogP contribution in [-0.4, -0.2) is 6.66 Å². The first-order chi connectivity index (χ1) is 9.91. The van der Waals surface area contributed by atoms with E-state index in [1.807, 2.05) is 37.9 Å². The molecule has 2 rings (SSSR count). The predicted molar refractivity (Wildman–Crippen MR) is 80.3 cm³/mol. The predicted octanol–water partition coefficient (Wildman–Crippen LogP) is 5.46. The zero-order chi connectivity index (χ0) is 15.5. The first-order valence-corrected chi connectivity index (χ1v) is 7.93. The van der Waals surface area contributed by atoms with E-state index in [0.29, 0.717) is 8.81 Å². The van der Waals surface area contributed by atoms with Crippen LogP contribution < -0.4 is 4.52 Å². The van der Waals surface area contributed by atoms with Gasteiger partial charge in [-0.05, 0) is 42.1 Å². The van der Waals surface area contributed by atoms with E-state index in [1.165, 1.54) is 12.1 Å². The Hall–Kier alpha value is -1.54. The molecule has 2 atom stereocenters. The van der Waals surface area contributed by atoms with Gasteiger partial charge in [-0.1, -0.05) is 31.2 Å². The van der Waals surface area contributed by atoms with Crippen molar-refractivity contribution in [2.45, 2.75) is 19.0 Å². The van der Waals surface area contributed by atoms with Crippen LogP contribution in [0.4, 0.5) is 13.2 Å². The van der Waals surface area contributed by atoms with Crippen LogP contribution >= 0.6 is 8.81 Å². The van der Waals surface area contributed by atoms with Crippen molar-refractivity contribution in [3.63, 3.8) is 0 Å². The number of rotatable bonds is 4. The molecule has 21 heavy (non-hydrogen) atoms. The van der Waals surface area contributed by atoms with Crippen molar-refractivity contribution in [1.29, 1.82) is 0 Å². The van der Waals surface area contributed by atoms with Crippen LogP contribution in [-0.2, 0) is 6.18 Å². The van der Waals surface area contributed by atoms with Crippen LogP contribution in [0.1, 0.15) is 29.5 Å². The Morgan fingerprint density at radius 2 is 1.38 bits per heavy atom. The lowest BCUT2D eigenvalue weighted by atomic mass is 9.92. The van der Waals surface area contributed by atoms with E-state index in [9.17, 15) is 13.2 Å². The first kappa shape index (κ1) is 15.8. The smallest absolute Gasteiger partial charge is 0.416 e. The minimum atomic E-state index is -4.29. The Balaban J connectivity index is 2.17. The average Bonchev–Trinajstić information content (AvgIpc) is 2.47. The van der Waals surface area contributed by atoms with E-state index in [1.54, 1.807) is 0 Å². The molecule has 0 heterocycles. The summed E-state index contributed by atoms with van der Waals surface area (Å²) < 4.78 is 43.0. The maximum Gasteiger partial charge on any atom is 0.416 e. The fourth-order valence-corrected chi connectivity index (χ4v) is 2.47. The van der Waals surface area contributed by atoms with Crippen molar-refractivity contribution >= 4 is 8.81 Å². The third-order valence-corrected chi connectivity index (χ3v) is 3.78. The molecule has 5 heteroatoms. The molecule has 0 radical (unpaired) electrons. The van der Waals surface area contributed by atoms with Crippen molar-refractivity contribution in [3.05, 3.63) is 65.2 Å². The quantitative estimate of drug-likeness (QED) is 0.681. The molecule has 1 nitrogen and oxygen atoms in total. The van der Waals surface area contributed by atoms with Gasteiger partial charge in [0.25, 0.3) is 0 Å². The zero-order valence-corrected chi connectivity index (χ0v) is 12.7. The normalized spacial score (nSPS) is 13.6. The van der Waals surface area contributed by atoms with E-state index in [0.717, 1.165) is 29.0 Å². The van der Waals surface area contributed by atoms with Gasteiger partial charge in [-0.2, -0.15) is 13.2 Å². The minimum Gasteiger partial charge on any atom is -0.477 e. The molecule has 0 spiro atoms. The number of alkyl halides is 3. The summed E-state index contributed by atoms with van der Waals surface area (Å²) in [4.78, 5) is 0. The molecule has 0 N–H and O–H groups in total. The summed E-state index contributed by atoms with van der Waals surface area (Å²) in [6, 6.07) is 13.0. The highest BCUT2D eigenvalue weighted by Gasteiger charge is 2.30. The molecule has 0 aliphatic rings. The summed E-state index contributed by atoms with van der Waals surface area (Å²) in [6.45, 7) is 3.92. The van der Waals surface area contributed by atoms with Gasteiger partial charge < -0.3 is 4.52 Å². The molecular weight excluding hydrogens is 296 g/mol. The lowest BCUT2D eigenvalue weighted by Gasteiger charge is -2.14. The fourth-order valence-electron chi connectivity index (χ4n) is 2.10. The summed E-state index contributed by atoms with van der Waals surface area (Å²) >= 11 is 0. The summed E-state index contributed by atoms with van der Waals surface area (Å²) in [6.07, 6.45) is -4.29. The Labute approximate surface area is 124 Å². The van der Waals surface area contributed by atoms with Gasteiger partial charge in [0.15, 0.2) is 0 Å². The highest BCUT2D eigenvalue weighted by atomic mass is 31.1. The molecule has 2 unspecified atom stereocenters. The molecule has 0 fully saturated rings. The maximum absolute atomic E-state index is 12.5. The Kier molecular flexibility index (Phi) is 4.89. The lowest BCUT2D eigenvalue weighted by molar-refractivity contribution is -0.137. The van der Waals surface area contributed by atoms with Crippen LogP contribution in [0.3, 0.4) is 0 Å². The molecule has 0 bridgehead atoms. The SMILES string of the molecule is CPOc1ccc(C(C)c2ccc(C(F)(F)F)cc2)cc1. The molecule has 112 valence electrons. The summed E-state index contributed by atoms with van der Waals surface area (Å²) in [7, 11) is 0.386. The third-order valence-electron chi connectivity index (χ3n) is 3.34. The number of benzene rings is 2. The Morgan fingerprint density at radius 1 is 0.905 bits per heavy atom. The second kappa shape index (κ2) is 6.48. The van der Waals surface area contributed by atoms with E-state index < -0.39 is 11.7 Å². The molecule has 2 aromatic rings. The van der Waals surface area contributed by atoms with Crippen LogP contribution in [0.15, 0.2) is 48.5 Å². The number of halogens is 3. The maximum atomic E-state index is 12.5. The van der Waals surface area contributed by atoms with Gasteiger partial charge in [-0.15, -0.1) is 0 Å². The lowest BCUT2D eigenvalue weighted by Crippen LogP contribution is -2.05. The van der Waals surface area contributed by atoms with Crippen molar-refractivity contribution in [2.75, 3.05) is 6.66 Å². The summed E-state index contributed by atoms with van der Waals surface area (Å²) in [5.41, 5.74) is 1.28. The average molecular weight is 312 g/mol. The van der Waals surface area contributed by atoms with Gasteiger partial charge in [0, 0.05) is 5.92 Å². The van der Waals surface area contributed by atoms with Gasteiger partial charge in [-0.25, -0.2) is 0 Å². The van der Waals surface area contributed by atoms with Crippen LogP contribution in [0.5, 0.6) is 5.75 Å². The molecule has 0 aliphatic heterocycles. The highest BCUT2D eigenvalue weighted by molar-refractivity contribution is 7.31. The van der Waals surface area contributed by atoms with Gasteiger partial charge in [-0.3, -0.25) is 0 Å². The molecular formula is C16H16F3OP.